The first-order valence-electron chi connectivity index (χ1n) is 6.35. The van der Waals surface area contributed by atoms with Crippen LogP contribution in [0.15, 0.2) is 42.5 Å². The molecular weight excluding hydrogens is 286 g/mol. The zero-order chi connectivity index (χ0) is 16.3. The van der Waals surface area contributed by atoms with Crippen LogP contribution in [0.5, 0.6) is 0 Å². The van der Waals surface area contributed by atoms with Crippen LogP contribution in [0, 0.1) is 17.0 Å². The van der Waals surface area contributed by atoms with Crippen molar-refractivity contribution in [2.75, 3.05) is 5.32 Å². The average Bonchev–Trinajstić information content (AvgIpc) is 2.49. The predicted octanol–water partition coefficient (Wildman–Crippen LogP) is 2.25. The van der Waals surface area contributed by atoms with Gasteiger partial charge in [-0.3, -0.25) is 19.7 Å². The number of nitrogens with zero attached hydrogens (tertiary/aromatic N) is 1. The number of carbonyl (C=O) groups is 2. The molecule has 112 valence electrons. The standard InChI is InChI=1S/C15H13N3O4/c1-9-2-7-12(18(21)22)8-13(9)17-15(20)11-5-3-10(4-6-11)14(16)19/h2-8H,1H3,(H2,16,19)(H,17,20). The molecule has 0 fully saturated rings. The van der Waals surface area contributed by atoms with E-state index in [9.17, 15) is 19.7 Å². The van der Waals surface area contributed by atoms with Gasteiger partial charge in [0.25, 0.3) is 11.6 Å². The maximum atomic E-state index is 12.1. The normalized spacial score (nSPS) is 10.0. The Morgan fingerprint density at radius 2 is 1.68 bits per heavy atom. The van der Waals surface area contributed by atoms with Crippen LogP contribution in [0.3, 0.4) is 0 Å². The van der Waals surface area contributed by atoms with Crippen molar-refractivity contribution in [3.05, 3.63) is 69.3 Å². The number of nitrogens with one attached hydrogen (secondary N) is 1. The lowest BCUT2D eigenvalue weighted by atomic mass is 10.1. The van der Waals surface area contributed by atoms with Gasteiger partial charge in [0.2, 0.25) is 5.91 Å². The third-order valence-corrected chi connectivity index (χ3v) is 3.11. The van der Waals surface area contributed by atoms with Crippen molar-refractivity contribution in [3.63, 3.8) is 0 Å². The van der Waals surface area contributed by atoms with Gasteiger partial charge in [0.15, 0.2) is 0 Å². The first-order chi connectivity index (χ1) is 10.4. The Bertz CT molecular complexity index is 754. The van der Waals surface area contributed by atoms with Crippen molar-refractivity contribution in [2.24, 2.45) is 5.73 Å². The number of anilines is 1. The van der Waals surface area contributed by atoms with Gasteiger partial charge in [-0.05, 0) is 36.8 Å². The average molecular weight is 299 g/mol. The third-order valence-electron chi connectivity index (χ3n) is 3.11. The molecule has 7 heteroatoms. The first kappa shape index (κ1) is 15.2. The topological polar surface area (TPSA) is 115 Å². The number of carbonyl (C=O) groups excluding carboxylic acids is 2. The van der Waals surface area contributed by atoms with Crippen molar-refractivity contribution in [1.29, 1.82) is 0 Å². The molecule has 7 nitrogen and oxygen atoms in total. The summed E-state index contributed by atoms with van der Waals surface area (Å²) in [6, 6.07) is 10.0. The molecule has 2 rings (SSSR count). The van der Waals surface area contributed by atoms with E-state index in [1.807, 2.05) is 0 Å². The van der Waals surface area contributed by atoms with Crippen molar-refractivity contribution in [3.8, 4) is 0 Å². The maximum Gasteiger partial charge on any atom is 0.271 e. The fourth-order valence-corrected chi connectivity index (χ4v) is 1.84. The molecule has 0 aliphatic carbocycles. The first-order valence-corrected chi connectivity index (χ1v) is 6.35. The predicted molar refractivity (Wildman–Crippen MR) is 80.7 cm³/mol. The van der Waals surface area contributed by atoms with E-state index in [1.165, 1.54) is 36.4 Å². The number of non-ortho nitro benzene ring substituents is 1. The van der Waals surface area contributed by atoms with Crippen LogP contribution in [0.4, 0.5) is 11.4 Å². The maximum absolute atomic E-state index is 12.1. The molecule has 0 unspecified atom stereocenters. The smallest absolute Gasteiger partial charge is 0.271 e. The highest BCUT2D eigenvalue weighted by atomic mass is 16.6. The molecule has 0 aliphatic heterocycles. The minimum atomic E-state index is -0.582. The number of amides is 2. The Kier molecular flexibility index (Phi) is 4.17. The van der Waals surface area contributed by atoms with Crippen LogP contribution in [-0.4, -0.2) is 16.7 Å². The minimum Gasteiger partial charge on any atom is -0.366 e. The lowest BCUT2D eigenvalue weighted by Gasteiger charge is -2.08. The number of aryl methyl sites for hydroxylation is 1. The minimum absolute atomic E-state index is 0.107. The number of nitro groups is 1. The highest BCUT2D eigenvalue weighted by Gasteiger charge is 2.12. The highest BCUT2D eigenvalue weighted by molar-refractivity contribution is 6.05. The summed E-state index contributed by atoms with van der Waals surface area (Å²) in [6.07, 6.45) is 0. The quantitative estimate of drug-likeness (QED) is 0.665. The summed E-state index contributed by atoms with van der Waals surface area (Å²) in [4.78, 5) is 33.3. The van der Waals surface area contributed by atoms with Crippen LogP contribution >= 0.6 is 0 Å². The number of benzene rings is 2. The Balaban J connectivity index is 2.23. The molecule has 2 aromatic rings. The van der Waals surface area contributed by atoms with Crippen LogP contribution in [0.25, 0.3) is 0 Å². The summed E-state index contributed by atoms with van der Waals surface area (Å²) in [5.41, 5.74) is 6.69. The summed E-state index contributed by atoms with van der Waals surface area (Å²) in [5.74, 6) is -1.01. The molecule has 0 bridgehead atoms. The molecule has 0 saturated carbocycles. The number of rotatable bonds is 4. The van der Waals surface area contributed by atoms with Gasteiger partial charge in [-0.15, -0.1) is 0 Å². The number of nitrogens with two attached hydrogens (primary N) is 1. The van der Waals surface area contributed by atoms with E-state index in [-0.39, 0.29) is 5.69 Å². The molecule has 0 atom stereocenters. The number of hydrogen-bond acceptors (Lipinski definition) is 4. The molecule has 2 aromatic carbocycles. The van der Waals surface area contributed by atoms with Gasteiger partial charge < -0.3 is 11.1 Å². The van der Waals surface area contributed by atoms with Gasteiger partial charge in [-0.2, -0.15) is 0 Å². The molecule has 0 radical (unpaired) electrons. The van der Waals surface area contributed by atoms with Gasteiger partial charge in [0, 0.05) is 23.3 Å². The molecule has 22 heavy (non-hydrogen) atoms. The van der Waals surface area contributed by atoms with Crippen LogP contribution in [0.1, 0.15) is 26.3 Å². The summed E-state index contributed by atoms with van der Waals surface area (Å²) in [5, 5.41) is 13.4. The van der Waals surface area contributed by atoms with Crippen molar-refractivity contribution in [2.45, 2.75) is 6.92 Å². The summed E-state index contributed by atoms with van der Waals surface area (Å²) < 4.78 is 0. The van der Waals surface area contributed by atoms with E-state index >= 15 is 0 Å². The zero-order valence-electron chi connectivity index (χ0n) is 11.7. The van der Waals surface area contributed by atoms with E-state index in [4.69, 9.17) is 5.73 Å². The third kappa shape index (κ3) is 3.26. The van der Waals surface area contributed by atoms with Crippen LogP contribution < -0.4 is 11.1 Å². The lowest BCUT2D eigenvalue weighted by molar-refractivity contribution is -0.384. The Morgan fingerprint density at radius 1 is 1.09 bits per heavy atom. The Hall–Kier alpha value is -3.22. The second-order valence-electron chi connectivity index (χ2n) is 4.65. The van der Waals surface area contributed by atoms with Crippen molar-refractivity contribution >= 4 is 23.2 Å². The van der Waals surface area contributed by atoms with E-state index in [0.29, 0.717) is 22.4 Å². The fraction of sp³-hybridized carbons (Fsp3) is 0.0667. The van der Waals surface area contributed by atoms with Crippen molar-refractivity contribution < 1.29 is 14.5 Å². The molecule has 0 spiro atoms. The molecular formula is C15H13N3O4. The largest absolute Gasteiger partial charge is 0.366 e. The van der Waals surface area contributed by atoms with Crippen LogP contribution in [0.2, 0.25) is 0 Å². The van der Waals surface area contributed by atoms with Gasteiger partial charge >= 0.3 is 0 Å². The zero-order valence-corrected chi connectivity index (χ0v) is 11.7. The molecule has 0 aliphatic rings. The second-order valence-corrected chi connectivity index (χ2v) is 4.65. The fourth-order valence-electron chi connectivity index (χ4n) is 1.84. The summed E-state index contributed by atoms with van der Waals surface area (Å²) in [6.45, 7) is 1.73. The highest BCUT2D eigenvalue weighted by Crippen LogP contribution is 2.22. The summed E-state index contributed by atoms with van der Waals surface area (Å²) >= 11 is 0. The molecule has 3 N–H and O–H groups in total. The molecule has 0 saturated heterocycles. The van der Waals surface area contributed by atoms with E-state index in [2.05, 4.69) is 5.32 Å². The lowest BCUT2D eigenvalue weighted by Crippen LogP contribution is -2.14. The Morgan fingerprint density at radius 3 is 2.23 bits per heavy atom. The SMILES string of the molecule is Cc1ccc([N+](=O)[O-])cc1NC(=O)c1ccc(C(N)=O)cc1. The van der Waals surface area contributed by atoms with Gasteiger partial charge in [-0.1, -0.05) is 6.07 Å². The monoisotopic (exact) mass is 299 g/mol. The van der Waals surface area contributed by atoms with E-state index in [1.54, 1.807) is 13.0 Å². The number of hydrogen-bond donors (Lipinski definition) is 2. The summed E-state index contributed by atoms with van der Waals surface area (Å²) in [7, 11) is 0. The number of primary amides is 1. The van der Waals surface area contributed by atoms with Gasteiger partial charge in [0.05, 0.1) is 10.6 Å². The van der Waals surface area contributed by atoms with Crippen molar-refractivity contribution in [1.82, 2.24) is 0 Å². The molecule has 0 aromatic heterocycles. The number of nitro benzene ring substituents is 1. The van der Waals surface area contributed by atoms with E-state index < -0.39 is 16.7 Å². The molecule has 0 heterocycles. The molecule has 2 amide bonds. The second kappa shape index (κ2) is 6.04. The van der Waals surface area contributed by atoms with Gasteiger partial charge in [-0.25, -0.2) is 0 Å². The van der Waals surface area contributed by atoms with Gasteiger partial charge in [0.1, 0.15) is 0 Å². The van der Waals surface area contributed by atoms with E-state index in [0.717, 1.165) is 0 Å². The Labute approximate surface area is 125 Å². The van der Waals surface area contributed by atoms with Crippen LogP contribution in [-0.2, 0) is 0 Å².